The SMILES string of the molecule is CC[C@H](SC1=Nc2ccccc2C2=N[C@@H](CCC(=O)NCc3ccccc3OC)C(=O)N12)C(=O)Nc1cccc(OC)c1. The highest BCUT2D eigenvalue weighted by Crippen LogP contribution is 2.36. The van der Waals surface area contributed by atoms with Crippen LogP contribution in [0.1, 0.15) is 37.3 Å². The number of ether oxygens (including phenoxy) is 2. The smallest absolute Gasteiger partial charge is 0.259 e. The molecule has 0 bridgehead atoms. The number of fused-ring (bicyclic) bond motifs is 3. The average molecular weight is 600 g/mol. The Labute approximate surface area is 254 Å². The fourth-order valence-corrected chi connectivity index (χ4v) is 5.86. The van der Waals surface area contributed by atoms with Gasteiger partial charge in [0.2, 0.25) is 11.8 Å². The Morgan fingerprint density at radius 3 is 2.60 bits per heavy atom. The summed E-state index contributed by atoms with van der Waals surface area (Å²) in [6.45, 7) is 2.23. The monoisotopic (exact) mass is 599 g/mol. The molecule has 5 rings (SSSR count). The number of methoxy groups -OCH3 is 2. The van der Waals surface area contributed by atoms with Crippen molar-refractivity contribution in [1.29, 1.82) is 0 Å². The lowest BCUT2D eigenvalue weighted by Crippen LogP contribution is -2.42. The van der Waals surface area contributed by atoms with Gasteiger partial charge in [-0.1, -0.05) is 55.1 Å². The maximum atomic E-state index is 13.7. The zero-order valence-electron chi connectivity index (χ0n) is 24.2. The van der Waals surface area contributed by atoms with Crippen LogP contribution in [0.2, 0.25) is 0 Å². The molecule has 3 aromatic carbocycles. The van der Waals surface area contributed by atoms with E-state index >= 15 is 0 Å². The Morgan fingerprint density at radius 1 is 1.02 bits per heavy atom. The van der Waals surface area contributed by atoms with Crippen molar-refractivity contribution in [2.45, 2.75) is 44.0 Å². The van der Waals surface area contributed by atoms with Crippen molar-refractivity contribution in [3.63, 3.8) is 0 Å². The minimum absolute atomic E-state index is 0.123. The summed E-state index contributed by atoms with van der Waals surface area (Å²) in [7, 11) is 3.16. The largest absolute Gasteiger partial charge is 0.497 e. The third kappa shape index (κ3) is 6.72. The predicted octanol–water partition coefficient (Wildman–Crippen LogP) is 4.91. The maximum Gasteiger partial charge on any atom is 0.259 e. The molecule has 0 unspecified atom stereocenters. The molecule has 0 fully saturated rings. The van der Waals surface area contributed by atoms with Crippen LogP contribution in [-0.4, -0.2) is 59.1 Å². The third-order valence-electron chi connectivity index (χ3n) is 7.11. The number of amidine groups is 2. The van der Waals surface area contributed by atoms with Crippen LogP contribution < -0.4 is 20.1 Å². The van der Waals surface area contributed by atoms with Gasteiger partial charge >= 0.3 is 0 Å². The molecule has 10 nitrogen and oxygen atoms in total. The molecule has 43 heavy (non-hydrogen) atoms. The molecule has 0 aromatic heterocycles. The molecule has 0 saturated heterocycles. The van der Waals surface area contributed by atoms with Crippen molar-refractivity contribution >= 4 is 51.9 Å². The van der Waals surface area contributed by atoms with Crippen molar-refractivity contribution in [2.75, 3.05) is 19.5 Å². The average Bonchev–Trinajstić information content (AvgIpc) is 3.37. The zero-order chi connectivity index (χ0) is 30.3. The van der Waals surface area contributed by atoms with E-state index in [1.54, 1.807) is 38.5 Å². The van der Waals surface area contributed by atoms with Crippen molar-refractivity contribution in [1.82, 2.24) is 10.2 Å². The standard InChI is InChI=1S/C32H33N5O5S/c1-4-27(30(39)34-21-11-9-12-22(18-21)41-2)43-32-36-24-14-7-6-13-23(24)29-35-25(31(40)37(29)32)16-17-28(38)33-19-20-10-5-8-15-26(20)42-3/h5-15,18,25,27H,4,16-17,19H2,1-3H3,(H,33,38)(H,34,39)/t25-,27-/m0/s1. The number of thioether (sulfide) groups is 1. The van der Waals surface area contributed by atoms with Gasteiger partial charge in [-0.3, -0.25) is 19.4 Å². The number of benzene rings is 3. The van der Waals surface area contributed by atoms with Crippen LogP contribution >= 0.6 is 11.8 Å². The molecule has 0 saturated carbocycles. The number of nitrogens with one attached hydrogen (secondary N) is 2. The Balaban J connectivity index is 1.28. The lowest BCUT2D eigenvalue weighted by atomic mass is 10.1. The molecule has 3 amide bonds. The van der Waals surface area contributed by atoms with Crippen molar-refractivity contribution in [3.05, 3.63) is 83.9 Å². The zero-order valence-corrected chi connectivity index (χ0v) is 25.0. The number of hydrogen-bond donors (Lipinski definition) is 2. The second kappa shape index (κ2) is 13.6. The van der Waals surface area contributed by atoms with E-state index in [1.807, 2.05) is 55.5 Å². The van der Waals surface area contributed by atoms with Gasteiger partial charge < -0.3 is 20.1 Å². The first kappa shape index (κ1) is 29.8. The van der Waals surface area contributed by atoms with E-state index in [4.69, 9.17) is 19.5 Å². The van der Waals surface area contributed by atoms with E-state index in [0.717, 1.165) is 11.1 Å². The van der Waals surface area contributed by atoms with E-state index in [2.05, 4.69) is 10.6 Å². The molecule has 0 radical (unpaired) electrons. The number of para-hydroxylation sites is 2. The number of rotatable bonds is 11. The molecule has 3 aromatic rings. The molecule has 0 spiro atoms. The first-order valence-electron chi connectivity index (χ1n) is 14.0. The van der Waals surface area contributed by atoms with Gasteiger partial charge in [-0.25, -0.2) is 9.89 Å². The molecule has 2 aliphatic rings. The third-order valence-corrected chi connectivity index (χ3v) is 8.43. The van der Waals surface area contributed by atoms with Gasteiger partial charge in [0.25, 0.3) is 5.91 Å². The summed E-state index contributed by atoms with van der Waals surface area (Å²) in [5.74, 6) is 1.15. The molecule has 0 aliphatic carbocycles. The number of aliphatic imine (C=N–C) groups is 2. The molecule has 11 heteroatoms. The normalized spacial score (nSPS) is 15.9. The summed E-state index contributed by atoms with van der Waals surface area (Å²) in [4.78, 5) is 50.7. The Kier molecular flexibility index (Phi) is 9.41. The van der Waals surface area contributed by atoms with E-state index in [0.29, 0.717) is 46.8 Å². The van der Waals surface area contributed by atoms with Gasteiger partial charge in [0.1, 0.15) is 23.4 Å². The number of anilines is 1. The quantitative estimate of drug-likeness (QED) is 0.323. The van der Waals surface area contributed by atoms with Crippen molar-refractivity contribution in [3.8, 4) is 11.5 Å². The highest BCUT2D eigenvalue weighted by molar-refractivity contribution is 8.15. The number of amides is 3. The van der Waals surface area contributed by atoms with Crippen molar-refractivity contribution < 1.29 is 23.9 Å². The summed E-state index contributed by atoms with van der Waals surface area (Å²) in [6, 6.07) is 21.3. The summed E-state index contributed by atoms with van der Waals surface area (Å²) >= 11 is 1.22. The van der Waals surface area contributed by atoms with Crippen LogP contribution in [0.25, 0.3) is 0 Å². The summed E-state index contributed by atoms with van der Waals surface area (Å²) in [5, 5.41) is 5.70. The van der Waals surface area contributed by atoms with Crippen LogP contribution in [0.5, 0.6) is 11.5 Å². The molecule has 2 heterocycles. The number of nitrogens with zero attached hydrogens (tertiary/aromatic N) is 3. The van der Waals surface area contributed by atoms with Crippen LogP contribution in [-0.2, 0) is 20.9 Å². The predicted molar refractivity (Wildman–Crippen MR) is 168 cm³/mol. The number of carbonyl (C=O) groups excluding carboxylic acids is 3. The molecule has 2 atom stereocenters. The highest BCUT2D eigenvalue weighted by atomic mass is 32.2. The van der Waals surface area contributed by atoms with Gasteiger partial charge in [-0.2, -0.15) is 0 Å². The minimum Gasteiger partial charge on any atom is -0.497 e. The van der Waals surface area contributed by atoms with Crippen LogP contribution in [0.15, 0.2) is 82.8 Å². The molecular weight excluding hydrogens is 566 g/mol. The van der Waals surface area contributed by atoms with Gasteiger partial charge in [0.15, 0.2) is 5.17 Å². The van der Waals surface area contributed by atoms with E-state index in [-0.39, 0.29) is 30.6 Å². The van der Waals surface area contributed by atoms with E-state index in [9.17, 15) is 14.4 Å². The fraction of sp³-hybridized carbons (Fsp3) is 0.281. The Morgan fingerprint density at radius 2 is 1.81 bits per heavy atom. The fourth-order valence-electron chi connectivity index (χ4n) is 4.84. The van der Waals surface area contributed by atoms with E-state index < -0.39 is 11.3 Å². The molecule has 2 N–H and O–H groups in total. The first-order valence-corrected chi connectivity index (χ1v) is 14.9. The maximum absolute atomic E-state index is 13.7. The van der Waals surface area contributed by atoms with E-state index in [1.165, 1.54) is 16.7 Å². The van der Waals surface area contributed by atoms with Crippen molar-refractivity contribution in [2.24, 2.45) is 9.98 Å². The summed E-state index contributed by atoms with van der Waals surface area (Å²) in [5.41, 5.74) is 2.88. The lowest BCUT2D eigenvalue weighted by Gasteiger charge is -2.27. The summed E-state index contributed by atoms with van der Waals surface area (Å²) in [6.07, 6.45) is 0.869. The van der Waals surface area contributed by atoms with Gasteiger partial charge in [-0.05, 0) is 43.2 Å². The van der Waals surface area contributed by atoms with Crippen LogP contribution in [0.3, 0.4) is 0 Å². The summed E-state index contributed by atoms with van der Waals surface area (Å²) < 4.78 is 10.6. The Hall–Kier alpha value is -4.64. The van der Waals surface area contributed by atoms with Gasteiger partial charge in [0, 0.05) is 35.8 Å². The topological polar surface area (TPSA) is 122 Å². The number of carbonyl (C=O) groups is 3. The minimum atomic E-state index is -0.741. The Bertz CT molecular complexity index is 1590. The first-order chi connectivity index (χ1) is 20.9. The molecule has 2 aliphatic heterocycles. The van der Waals surface area contributed by atoms with Gasteiger partial charge in [-0.15, -0.1) is 0 Å². The molecular formula is C32H33N5O5S. The van der Waals surface area contributed by atoms with Gasteiger partial charge in [0.05, 0.1) is 25.2 Å². The lowest BCUT2D eigenvalue weighted by molar-refractivity contribution is -0.125. The van der Waals surface area contributed by atoms with Crippen LogP contribution in [0, 0.1) is 0 Å². The number of hydrogen-bond acceptors (Lipinski definition) is 8. The second-order valence-electron chi connectivity index (χ2n) is 9.92. The highest BCUT2D eigenvalue weighted by Gasteiger charge is 2.42. The van der Waals surface area contributed by atoms with Crippen LogP contribution in [0.4, 0.5) is 11.4 Å². The molecule has 222 valence electrons. The second-order valence-corrected chi connectivity index (χ2v) is 11.1.